The highest BCUT2D eigenvalue weighted by Crippen LogP contribution is 2.25. The van der Waals surface area contributed by atoms with Crippen LogP contribution in [0.1, 0.15) is 10.4 Å². The monoisotopic (exact) mass is 201 g/mol. The van der Waals surface area contributed by atoms with Gasteiger partial charge in [-0.25, -0.2) is 0 Å². The lowest BCUT2D eigenvalue weighted by molar-refractivity contribution is 0.100. The molecule has 0 atom stereocenters. The molecule has 1 amide bonds. The predicted octanol–water partition coefficient (Wildman–Crippen LogP) is 2.16. The zero-order valence-electron chi connectivity index (χ0n) is 6.50. The van der Waals surface area contributed by atoms with Gasteiger partial charge in [-0.1, -0.05) is 11.6 Å². The molecule has 0 bridgehead atoms. The molecule has 0 spiro atoms. The Hall–Kier alpha value is -0.670. The van der Waals surface area contributed by atoms with E-state index in [1.807, 2.05) is 6.26 Å². The van der Waals surface area contributed by atoms with E-state index in [4.69, 9.17) is 17.3 Å². The highest BCUT2D eigenvalue weighted by molar-refractivity contribution is 7.98. The van der Waals surface area contributed by atoms with Crippen LogP contribution < -0.4 is 5.73 Å². The Labute approximate surface area is 80.1 Å². The lowest BCUT2D eigenvalue weighted by Crippen LogP contribution is -2.10. The maximum Gasteiger partial charge on any atom is 0.248 e. The number of halogens is 1. The molecule has 0 aliphatic heterocycles. The first kappa shape index (κ1) is 9.42. The molecule has 64 valence electrons. The van der Waals surface area contributed by atoms with Gasteiger partial charge < -0.3 is 5.73 Å². The number of rotatable bonds is 2. The van der Waals surface area contributed by atoms with E-state index in [9.17, 15) is 4.79 Å². The average Bonchev–Trinajstić information content (AvgIpc) is 2.04. The van der Waals surface area contributed by atoms with Crippen LogP contribution in [0.3, 0.4) is 0 Å². The average molecular weight is 202 g/mol. The summed E-state index contributed by atoms with van der Waals surface area (Å²) < 4.78 is 0. The van der Waals surface area contributed by atoms with Gasteiger partial charge in [-0.15, -0.1) is 11.8 Å². The second-order valence-electron chi connectivity index (χ2n) is 2.21. The number of carbonyl (C=O) groups excluding carboxylic acids is 1. The van der Waals surface area contributed by atoms with E-state index < -0.39 is 5.91 Å². The van der Waals surface area contributed by atoms with Crippen LogP contribution in [-0.4, -0.2) is 12.2 Å². The summed E-state index contributed by atoms with van der Waals surface area (Å²) in [5.74, 6) is -0.454. The summed E-state index contributed by atoms with van der Waals surface area (Å²) in [6, 6.07) is 5.03. The Balaban J connectivity index is 3.10. The zero-order chi connectivity index (χ0) is 9.14. The van der Waals surface area contributed by atoms with Crippen LogP contribution in [-0.2, 0) is 0 Å². The smallest absolute Gasteiger partial charge is 0.248 e. The van der Waals surface area contributed by atoms with Crippen molar-refractivity contribution in [2.24, 2.45) is 5.73 Å². The van der Waals surface area contributed by atoms with Crippen LogP contribution in [0.4, 0.5) is 0 Å². The molecule has 0 saturated carbocycles. The van der Waals surface area contributed by atoms with Crippen molar-refractivity contribution in [2.45, 2.75) is 4.90 Å². The molecule has 0 heterocycles. The number of amides is 1. The maximum atomic E-state index is 10.7. The number of carbonyl (C=O) groups is 1. The number of primary amides is 1. The highest BCUT2D eigenvalue weighted by Gasteiger charge is 2.03. The topological polar surface area (TPSA) is 43.1 Å². The Bertz CT molecular complexity index is 314. The van der Waals surface area contributed by atoms with Gasteiger partial charge in [0.1, 0.15) is 0 Å². The van der Waals surface area contributed by atoms with Crippen LogP contribution >= 0.6 is 23.4 Å². The maximum absolute atomic E-state index is 10.7. The van der Waals surface area contributed by atoms with Gasteiger partial charge in [0, 0.05) is 10.5 Å². The van der Waals surface area contributed by atoms with E-state index >= 15 is 0 Å². The van der Waals surface area contributed by atoms with Crippen molar-refractivity contribution in [1.29, 1.82) is 0 Å². The fraction of sp³-hybridized carbons (Fsp3) is 0.125. The second-order valence-corrected chi connectivity index (χ2v) is 3.47. The molecule has 1 rings (SSSR count). The van der Waals surface area contributed by atoms with Crippen molar-refractivity contribution in [3.8, 4) is 0 Å². The summed E-state index contributed by atoms with van der Waals surface area (Å²) in [7, 11) is 0. The third-order valence-electron chi connectivity index (χ3n) is 1.44. The minimum atomic E-state index is -0.454. The summed E-state index contributed by atoms with van der Waals surface area (Å²) >= 11 is 7.38. The molecule has 2 nitrogen and oxygen atoms in total. The number of thioether (sulfide) groups is 1. The number of hydrogen-bond acceptors (Lipinski definition) is 2. The summed E-state index contributed by atoms with van der Waals surface area (Å²) in [5, 5.41) is 0.568. The van der Waals surface area contributed by atoms with E-state index in [0.717, 1.165) is 4.90 Å². The van der Waals surface area contributed by atoms with Gasteiger partial charge in [0.2, 0.25) is 5.91 Å². The first-order valence-electron chi connectivity index (χ1n) is 3.28. The fourth-order valence-electron chi connectivity index (χ4n) is 0.820. The van der Waals surface area contributed by atoms with Gasteiger partial charge >= 0.3 is 0 Å². The first-order chi connectivity index (χ1) is 5.65. The van der Waals surface area contributed by atoms with Gasteiger partial charge in [0.15, 0.2) is 0 Å². The van der Waals surface area contributed by atoms with Crippen LogP contribution in [0, 0.1) is 0 Å². The summed E-state index contributed by atoms with van der Waals surface area (Å²) in [4.78, 5) is 11.7. The van der Waals surface area contributed by atoms with E-state index in [-0.39, 0.29) is 0 Å². The largest absolute Gasteiger partial charge is 0.366 e. The van der Waals surface area contributed by atoms with Crippen LogP contribution in [0.15, 0.2) is 23.1 Å². The Morgan fingerprint density at radius 3 is 2.67 bits per heavy atom. The summed E-state index contributed by atoms with van der Waals surface area (Å²) in [6.45, 7) is 0. The molecule has 4 heteroatoms. The van der Waals surface area contributed by atoms with Crippen molar-refractivity contribution >= 4 is 29.3 Å². The minimum Gasteiger partial charge on any atom is -0.366 e. The first-order valence-corrected chi connectivity index (χ1v) is 4.88. The van der Waals surface area contributed by atoms with Gasteiger partial charge in [0.05, 0.1) is 5.02 Å². The Morgan fingerprint density at radius 1 is 1.58 bits per heavy atom. The zero-order valence-corrected chi connectivity index (χ0v) is 8.08. The Morgan fingerprint density at radius 2 is 2.25 bits per heavy atom. The molecule has 0 radical (unpaired) electrons. The van der Waals surface area contributed by atoms with E-state index in [0.29, 0.717) is 10.6 Å². The number of nitrogens with two attached hydrogens (primary N) is 1. The molecular weight excluding hydrogens is 194 g/mol. The van der Waals surface area contributed by atoms with Crippen molar-refractivity contribution in [3.05, 3.63) is 28.8 Å². The molecule has 1 aromatic rings. The van der Waals surface area contributed by atoms with Crippen LogP contribution in [0.25, 0.3) is 0 Å². The lowest BCUT2D eigenvalue weighted by atomic mass is 10.2. The third-order valence-corrected chi connectivity index (χ3v) is 2.66. The SMILES string of the molecule is CSc1ccc(C(N)=O)cc1Cl. The van der Waals surface area contributed by atoms with Crippen molar-refractivity contribution in [3.63, 3.8) is 0 Å². The molecule has 0 aliphatic rings. The number of benzene rings is 1. The molecule has 0 aromatic heterocycles. The third kappa shape index (κ3) is 1.93. The standard InChI is InChI=1S/C8H8ClNOS/c1-12-7-3-2-5(8(10)11)4-6(7)9/h2-4H,1H3,(H2,10,11). The summed E-state index contributed by atoms with van der Waals surface area (Å²) in [6.07, 6.45) is 1.92. The van der Waals surface area contributed by atoms with Crippen molar-refractivity contribution in [2.75, 3.05) is 6.26 Å². The van der Waals surface area contributed by atoms with Crippen molar-refractivity contribution < 1.29 is 4.79 Å². The van der Waals surface area contributed by atoms with Crippen LogP contribution in [0.5, 0.6) is 0 Å². The summed E-state index contributed by atoms with van der Waals surface area (Å²) in [5.41, 5.74) is 5.51. The minimum absolute atomic E-state index is 0.442. The normalized spacial score (nSPS) is 9.83. The molecule has 0 unspecified atom stereocenters. The second kappa shape index (κ2) is 3.83. The van der Waals surface area contributed by atoms with Crippen molar-refractivity contribution in [1.82, 2.24) is 0 Å². The number of hydrogen-bond donors (Lipinski definition) is 1. The van der Waals surface area contributed by atoms with Gasteiger partial charge in [-0.3, -0.25) is 4.79 Å². The molecule has 2 N–H and O–H groups in total. The predicted molar refractivity (Wildman–Crippen MR) is 51.8 cm³/mol. The van der Waals surface area contributed by atoms with E-state index in [1.54, 1.807) is 18.2 Å². The fourth-order valence-corrected chi connectivity index (χ4v) is 1.69. The Kier molecular flexibility index (Phi) is 3.00. The van der Waals surface area contributed by atoms with Gasteiger partial charge in [0.25, 0.3) is 0 Å². The molecular formula is C8H8ClNOS. The molecule has 12 heavy (non-hydrogen) atoms. The van der Waals surface area contributed by atoms with Gasteiger partial charge in [-0.2, -0.15) is 0 Å². The van der Waals surface area contributed by atoms with Crippen LogP contribution in [0.2, 0.25) is 5.02 Å². The molecule has 0 aliphatic carbocycles. The quantitative estimate of drug-likeness (QED) is 0.746. The molecule has 0 saturated heterocycles. The highest BCUT2D eigenvalue weighted by atomic mass is 35.5. The molecule has 0 fully saturated rings. The molecule has 1 aromatic carbocycles. The lowest BCUT2D eigenvalue weighted by Gasteiger charge is -2.01. The van der Waals surface area contributed by atoms with E-state index in [1.165, 1.54) is 11.8 Å². The van der Waals surface area contributed by atoms with E-state index in [2.05, 4.69) is 0 Å². The van der Waals surface area contributed by atoms with Gasteiger partial charge in [-0.05, 0) is 24.5 Å².